The van der Waals surface area contributed by atoms with Gasteiger partial charge in [0.1, 0.15) is 0 Å². The molecule has 5 heteroatoms. The fourth-order valence-electron chi connectivity index (χ4n) is 5.59. The maximum absolute atomic E-state index is 11.7. The third-order valence-corrected chi connectivity index (χ3v) is 8.17. The Labute approximate surface area is 196 Å². The topological polar surface area (TPSA) is 76.4 Å². The van der Waals surface area contributed by atoms with Crippen LogP contribution in [0.25, 0.3) is 0 Å². The van der Waals surface area contributed by atoms with Crippen molar-refractivity contribution in [2.75, 3.05) is 26.2 Å². The number of nitrogens with zero attached hydrogens (tertiary/aromatic N) is 2. The van der Waals surface area contributed by atoms with Crippen LogP contribution in [0.5, 0.6) is 0 Å². The van der Waals surface area contributed by atoms with E-state index >= 15 is 0 Å². The molecule has 0 bridgehead atoms. The van der Waals surface area contributed by atoms with Crippen molar-refractivity contribution >= 4 is 5.97 Å². The summed E-state index contributed by atoms with van der Waals surface area (Å²) in [7, 11) is 0. The SMILES string of the molecule is N#Cc1ccc(CC2(CNC3CC3c3ccccc3)CCN(CC3(C(=O)O)CC3)CC2)cc1. The Morgan fingerprint density at radius 1 is 1.06 bits per heavy atom. The molecule has 2 saturated carbocycles. The fraction of sp³-hybridized carbons (Fsp3) is 0.500. The van der Waals surface area contributed by atoms with Gasteiger partial charge in [-0.05, 0) is 80.3 Å². The van der Waals surface area contributed by atoms with E-state index in [0.717, 1.165) is 51.7 Å². The lowest BCUT2D eigenvalue weighted by molar-refractivity contribution is -0.144. The highest BCUT2D eigenvalue weighted by Gasteiger charge is 2.52. The maximum Gasteiger partial charge on any atom is 0.310 e. The van der Waals surface area contributed by atoms with E-state index < -0.39 is 11.4 Å². The van der Waals surface area contributed by atoms with Crippen LogP contribution < -0.4 is 5.32 Å². The first-order valence-corrected chi connectivity index (χ1v) is 12.2. The van der Waals surface area contributed by atoms with Crippen molar-refractivity contribution in [1.29, 1.82) is 5.26 Å². The first kappa shape index (κ1) is 22.1. The molecule has 2 unspecified atom stereocenters. The Morgan fingerprint density at radius 3 is 2.36 bits per heavy atom. The fourth-order valence-corrected chi connectivity index (χ4v) is 5.59. The van der Waals surface area contributed by atoms with Gasteiger partial charge in [-0.15, -0.1) is 0 Å². The maximum atomic E-state index is 11.7. The van der Waals surface area contributed by atoms with Gasteiger partial charge in [0.2, 0.25) is 0 Å². The molecule has 0 amide bonds. The number of nitriles is 1. The van der Waals surface area contributed by atoms with Crippen molar-refractivity contribution in [1.82, 2.24) is 10.2 Å². The summed E-state index contributed by atoms with van der Waals surface area (Å²) in [5, 5.41) is 22.6. The third kappa shape index (κ3) is 4.98. The zero-order valence-corrected chi connectivity index (χ0v) is 19.2. The number of hydrogen-bond donors (Lipinski definition) is 2. The molecule has 1 heterocycles. The molecule has 2 aliphatic carbocycles. The van der Waals surface area contributed by atoms with E-state index in [4.69, 9.17) is 5.26 Å². The van der Waals surface area contributed by atoms with Crippen LogP contribution in [-0.4, -0.2) is 48.2 Å². The zero-order chi connectivity index (χ0) is 22.9. The number of hydrogen-bond acceptors (Lipinski definition) is 4. The standard InChI is InChI=1S/C28H33N3O2/c29-18-22-8-6-21(7-9-22)17-27(19-30-25-16-24(25)23-4-2-1-3-5-23)12-14-31(15-13-27)20-28(10-11-28)26(32)33/h1-9,24-25,30H,10-17,19-20H2,(H,32,33). The van der Waals surface area contributed by atoms with Crippen LogP contribution in [-0.2, 0) is 11.2 Å². The molecule has 2 N–H and O–H groups in total. The van der Waals surface area contributed by atoms with Gasteiger partial charge in [-0.3, -0.25) is 4.79 Å². The molecule has 0 radical (unpaired) electrons. The predicted molar refractivity (Wildman–Crippen MR) is 128 cm³/mol. The molecule has 172 valence electrons. The van der Waals surface area contributed by atoms with E-state index in [9.17, 15) is 9.90 Å². The van der Waals surface area contributed by atoms with Crippen LogP contribution in [0.1, 0.15) is 54.7 Å². The monoisotopic (exact) mass is 443 g/mol. The van der Waals surface area contributed by atoms with Gasteiger partial charge < -0.3 is 15.3 Å². The van der Waals surface area contributed by atoms with Crippen LogP contribution in [0.3, 0.4) is 0 Å². The molecule has 3 aliphatic rings. The highest BCUT2D eigenvalue weighted by atomic mass is 16.4. The number of nitrogens with one attached hydrogen (secondary N) is 1. The van der Waals surface area contributed by atoms with E-state index in [0.29, 0.717) is 24.1 Å². The van der Waals surface area contributed by atoms with Crippen LogP contribution >= 0.6 is 0 Å². The van der Waals surface area contributed by atoms with Crippen LogP contribution in [0.4, 0.5) is 0 Å². The minimum atomic E-state index is -0.626. The number of benzene rings is 2. The lowest BCUT2D eigenvalue weighted by Crippen LogP contribution is -2.48. The van der Waals surface area contributed by atoms with E-state index in [1.807, 2.05) is 12.1 Å². The quantitative estimate of drug-likeness (QED) is 0.608. The zero-order valence-electron chi connectivity index (χ0n) is 19.2. The summed E-state index contributed by atoms with van der Waals surface area (Å²) >= 11 is 0. The smallest absolute Gasteiger partial charge is 0.310 e. The Kier molecular flexibility index (Phi) is 5.99. The third-order valence-electron chi connectivity index (χ3n) is 8.17. The molecule has 1 saturated heterocycles. The summed E-state index contributed by atoms with van der Waals surface area (Å²) in [6.45, 7) is 3.60. The highest BCUT2D eigenvalue weighted by molar-refractivity contribution is 5.78. The molecule has 2 aromatic rings. The number of likely N-dealkylation sites (tertiary alicyclic amines) is 1. The van der Waals surface area contributed by atoms with Crippen LogP contribution in [0.15, 0.2) is 54.6 Å². The van der Waals surface area contributed by atoms with Crippen molar-refractivity contribution in [2.24, 2.45) is 10.8 Å². The number of carboxylic acids is 1. The minimum absolute atomic E-state index is 0.161. The molecule has 2 atom stereocenters. The Hall–Kier alpha value is -2.68. The highest BCUT2D eigenvalue weighted by Crippen LogP contribution is 2.48. The Balaban J connectivity index is 1.24. The number of aliphatic carboxylic acids is 1. The van der Waals surface area contributed by atoms with Crippen LogP contribution in [0.2, 0.25) is 0 Å². The lowest BCUT2D eigenvalue weighted by atomic mass is 9.73. The Bertz CT molecular complexity index is 1020. The van der Waals surface area contributed by atoms with Gasteiger partial charge in [-0.1, -0.05) is 42.5 Å². The molecule has 33 heavy (non-hydrogen) atoms. The van der Waals surface area contributed by atoms with Gasteiger partial charge in [0, 0.05) is 25.0 Å². The molecule has 3 fully saturated rings. The summed E-state index contributed by atoms with van der Waals surface area (Å²) < 4.78 is 0. The van der Waals surface area contributed by atoms with Gasteiger partial charge in [0.05, 0.1) is 17.0 Å². The average molecular weight is 444 g/mol. The van der Waals surface area contributed by atoms with Crippen LogP contribution in [0, 0.1) is 22.2 Å². The van der Waals surface area contributed by atoms with Gasteiger partial charge in [-0.2, -0.15) is 5.26 Å². The Morgan fingerprint density at radius 2 is 1.76 bits per heavy atom. The van der Waals surface area contributed by atoms with Gasteiger partial charge in [0.25, 0.3) is 0 Å². The molecule has 5 rings (SSSR count). The summed E-state index contributed by atoms with van der Waals surface area (Å²) in [6, 6.07) is 21.6. The molecular weight excluding hydrogens is 410 g/mol. The predicted octanol–water partition coefficient (Wildman–Crippen LogP) is 4.19. The van der Waals surface area contributed by atoms with Crippen molar-refractivity contribution < 1.29 is 9.90 Å². The largest absolute Gasteiger partial charge is 0.481 e. The van der Waals surface area contributed by atoms with Gasteiger partial charge in [0.15, 0.2) is 0 Å². The van der Waals surface area contributed by atoms with Crippen molar-refractivity contribution in [3.63, 3.8) is 0 Å². The average Bonchev–Trinajstić information content (AvgIpc) is 3.77. The molecule has 2 aromatic carbocycles. The minimum Gasteiger partial charge on any atom is -0.481 e. The van der Waals surface area contributed by atoms with E-state index in [-0.39, 0.29) is 5.41 Å². The van der Waals surface area contributed by atoms with Crippen molar-refractivity contribution in [3.8, 4) is 6.07 Å². The van der Waals surface area contributed by atoms with Gasteiger partial charge in [-0.25, -0.2) is 0 Å². The van der Waals surface area contributed by atoms with E-state index in [2.05, 4.69) is 58.8 Å². The second kappa shape index (κ2) is 8.93. The van der Waals surface area contributed by atoms with E-state index in [1.165, 1.54) is 17.5 Å². The lowest BCUT2D eigenvalue weighted by Gasteiger charge is -2.43. The number of rotatable bonds is 9. The summed E-state index contributed by atoms with van der Waals surface area (Å²) in [6.07, 6.45) is 5.96. The number of piperidine rings is 1. The van der Waals surface area contributed by atoms with Gasteiger partial charge >= 0.3 is 5.97 Å². The first-order chi connectivity index (χ1) is 16.0. The summed E-state index contributed by atoms with van der Waals surface area (Å²) in [5.41, 5.74) is 3.09. The van der Waals surface area contributed by atoms with Crippen molar-refractivity contribution in [3.05, 3.63) is 71.3 Å². The second-order valence-electron chi connectivity index (χ2n) is 10.6. The summed E-state index contributed by atoms with van der Waals surface area (Å²) in [5.74, 6) is -0.0113. The molecule has 5 nitrogen and oxygen atoms in total. The van der Waals surface area contributed by atoms with Crippen molar-refractivity contribution in [2.45, 2.75) is 50.5 Å². The normalized spacial score (nSPS) is 25.2. The first-order valence-electron chi connectivity index (χ1n) is 12.2. The van der Waals surface area contributed by atoms with E-state index in [1.54, 1.807) is 0 Å². The number of carboxylic acid groups (broad SMARTS) is 1. The molecule has 1 aliphatic heterocycles. The molecular formula is C28H33N3O2. The number of carbonyl (C=O) groups is 1. The summed E-state index contributed by atoms with van der Waals surface area (Å²) in [4.78, 5) is 14.0. The molecule has 0 spiro atoms. The second-order valence-corrected chi connectivity index (χ2v) is 10.6. The molecule has 0 aromatic heterocycles.